The molecule has 6 heteroatoms. The number of halogens is 3. The van der Waals surface area contributed by atoms with Crippen LogP contribution in [0, 0.1) is 0 Å². The van der Waals surface area contributed by atoms with Gasteiger partial charge in [0.2, 0.25) is 5.79 Å². The molecule has 0 atom stereocenters. The molecule has 0 saturated carbocycles. The lowest BCUT2D eigenvalue weighted by atomic mass is 10.2. The summed E-state index contributed by atoms with van der Waals surface area (Å²) >= 11 is 17.8. The van der Waals surface area contributed by atoms with Gasteiger partial charge in [0.05, 0.1) is 6.61 Å². The van der Waals surface area contributed by atoms with Crippen LogP contribution in [0.2, 0.25) is 0 Å². The maximum atomic E-state index is 5.95. The SMILES string of the molecule is CC1(C)OCc2cc([Si](Cl)(Cl)Cl)ccc2O1. The van der Waals surface area contributed by atoms with E-state index in [4.69, 9.17) is 42.7 Å². The third-order valence-corrected chi connectivity index (χ3v) is 5.25. The molecule has 1 heterocycles. The first-order valence-electron chi connectivity index (χ1n) is 4.81. The first-order valence-corrected chi connectivity index (χ1v) is 9.85. The van der Waals surface area contributed by atoms with Crippen LogP contribution in [0.25, 0.3) is 0 Å². The molecule has 88 valence electrons. The lowest BCUT2D eigenvalue weighted by Crippen LogP contribution is -2.37. The first kappa shape index (κ1) is 12.5. The Kier molecular flexibility index (Phi) is 3.18. The van der Waals surface area contributed by atoms with Gasteiger partial charge < -0.3 is 9.47 Å². The molecule has 1 aliphatic rings. The molecule has 0 spiro atoms. The minimum atomic E-state index is -2.82. The van der Waals surface area contributed by atoms with Crippen molar-refractivity contribution in [3.8, 4) is 5.75 Å². The molecule has 0 aliphatic carbocycles. The second-order valence-electron chi connectivity index (χ2n) is 4.11. The quantitative estimate of drug-likeness (QED) is 0.585. The predicted molar refractivity (Wildman–Crippen MR) is 68.9 cm³/mol. The van der Waals surface area contributed by atoms with Crippen LogP contribution in [0.4, 0.5) is 0 Å². The van der Waals surface area contributed by atoms with Crippen molar-refractivity contribution in [3.05, 3.63) is 23.8 Å². The minimum absolute atomic E-state index is 0.478. The zero-order chi connectivity index (χ0) is 12.0. The molecule has 0 bridgehead atoms. The van der Waals surface area contributed by atoms with E-state index in [-0.39, 0.29) is 0 Å². The molecule has 16 heavy (non-hydrogen) atoms. The topological polar surface area (TPSA) is 18.5 Å². The summed E-state index contributed by atoms with van der Waals surface area (Å²) in [6.07, 6.45) is 0. The molecular weight excluding hydrogens is 287 g/mol. The summed E-state index contributed by atoms with van der Waals surface area (Å²) in [5, 5.41) is 0.753. The Bertz CT molecular complexity index is 415. The summed E-state index contributed by atoms with van der Waals surface area (Å²) in [5.41, 5.74) is 0.927. The van der Waals surface area contributed by atoms with Gasteiger partial charge in [-0.25, -0.2) is 0 Å². The van der Waals surface area contributed by atoms with E-state index in [2.05, 4.69) is 0 Å². The van der Waals surface area contributed by atoms with Gasteiger partial charge in [0.25, 0.3) is 0 Å². The Hall–Kier alpha value is 0.0669. The minimum Gasteiger partial charge on any atom is -0.463 e. The van der Waals surface area contributed by atoms with Crippen molar-refractivity contribution in [1.82, 2.24) is 0 Å². The Labute approximate surface area is 110 Å². The van der Waals surface area contributed by atoms with Crippen LogP contribution in [0.15, 0.2) is 18.2 Å². The van der Waals surface area contributed by atoms with Crippen molar-refractivity contribution in [2.45, 2.75) is 26.2 Å². The Morgan fingerprint density at radius 2 is 1.94 bits per heavy atom. The summed E-state index contributed by atoms with van der Waals surface area (Å²) in [7, 11) is 0. The average molecular weight is 298 g/mol. The second kappa shape index (κ2) is 4.07. The fourth-order valence-corrected chi connectivity index (χ4v) is 3.18. The standard InChI is InChI=1S/C10H11Cl3O2Si/c1-10(2)14-6-7-5-8(16(11,12)13)3-4-9(7)15-10/h3-5H,6H2,1-2H3. The molecule has 0 unspecified atom stereocenters. The van der Waals surface area contributed by atoms with E-state index >= 15 is 0 Å². The fraction of sp³-hybridized carbons (Fsp3) is 0.400. The van der Waals surface area contributed by atoms with Crippen molar-refractivity contribution < 1.29 is 9.47 Å². The predicted octanol–water partition coefficient (Wildman–Crippen LogP) is 3.19. The van der Waals surface area contributed by atoms with Crippen LogP contribution in [-0.4, -0.2) is 11.8 Å². The molecule has 0 fully saturated rings. The highest BCUT2D eigenvalue weighted by Gasteiger charge is 2.32. The highest BCUT2D eigenvalue weighted by molar-refractivity contribution is 7.69. The lowest BCUT2D eigenvalue weighted by Gasteiger charge is -2.32. The second-order valence-corrected chi connectivity index (χ2v) is 12.5. The van der Waals surface area contributed by atoms with Crippen LogP contribution in [0.1, 0.15) is 19.4 Å². The Morgan fingerprint density at radius 3 is 2.56 bits per heavy atom. The number of fused-ring (bicyclic) bond motifs is 1. The Balaban J connectivity index is 2.36. The van der Waals surface area contributed by atoms with Crippen LogP contribution in [-0.2, 0) is 11.3 Å². The number of hydrogen-bond acceptors (Lipinski definition) is 2. The molecule has 1 aromatic carbocycles. The van der Waals surface area contributed by atoms with Gasteiger partial charge in [0.15, 0.2) is 0 Å². The van der Waals surface area contributed by atoms with Gasteiger partial charge in [-0.15, -0.1) is 33.2 Å². The lowest BCUT2D eigenvalue weighted by molar-refractivity contribution is -0.180. The van der Waals surface area contributed by atoms with Gasteiger partial charge >= 0.3 is 6.00 Å². The largest absolute Gasteiger partial charge is 0.463 e. The van der Waals surface area contributed by atoms with E-state index in [1.165, 1.54) is 0 Å². The van der Waals surface area contributed by atoms with Crippen LogP contribution in [0.5, 0.6) is 5.75 Å². The molecular formula is C10H11Cl3O2Si. The molecule has 1 aromatic rings. The molecule has 0 N–H and O–H groups in total. The maximum Gasteiger partial charge on any atom is 0.372 e. The molecule has 0 saturated heterocycles. The molecule has 2 nitrogen and oxygen atoms in total. The van der Waals surface area contributed by atoms with Gasteiger partial charge in [-0.2, -0.15) is 0 Å². The van der Waals surface area contributed by atoms with Gasteiger partial charge in [0, 0.05) is 19.4 Å². The Morgan fingerprint density at radius 1 is 1.25 bits per heavy atom. The number of benzene rings is 1. The monoisotopic (exact) mass is 296 g/mol. The van der Waals surface area contributed by atoms with E-state index in [1.807, 2.05) is 26.0 Å². The molecule has 0 amide bonds. The van der Waals surface area contributed by atoms with E-state index < -0.39 is 11.8 Å². The summed E-state index contributed by atoms with van der Waals surface area (Å²) in [4.78, 5) is 0. The number of rotatable bonds is 1. The zero-order valence-corrected chi connectivity index (χ0v) is 12.2. The third-order valence-electron chi connectivity index (χ3n) is 2.32. The summed E-state index contributed by atoms with van der Waals surface area (Å²) in [6.45, 7) is 4.21. The average Bonchev–Trinajstić information content (AvgIpc) is 2.14. The zero-order valence-electron chi connectivity index (χ0n) is 8.89. The smallest absolute Gasteiger partial charge is 0.372 e. The summed E-state index contributed by atoms with van der Waals surface area (Å²) in [6, 6.07) is 2.67. The molecule has 0 radical (unpaired) electrons. The third kappa shape index (κ3) is 2.66. The number of hydrogen-bond donors (Lipinski definition) is 0. The van der Waals surface area contributed by atoms with E-state index in [0.717, 1.165) is 16.5 Å². The molecule has 2 rings (SSSR count). The van der Waals surface area contributed by atoms with E-state index in [9.17, 15) is 0 Å². The highest BCUT2D eigenvalue weighted by Crippen LogP contribution is 2.31. The normalized spacial score (nSPS) is 18.8. The van der Waals surface area contributed by atoms with Crippen molar-refractivity contribution >= 4 is 44.4 Å². The van der Waals surface area contributed by atoms with Gasteiger partial charge in [-0.1, -0.05) is 12.1 Å². The van der Waals surface area contributed by atoms with E-state index in [0.29, 0.717) is 6.61 Å². The summed E-state index contributed by atoms with van der Waals surface area (Å²) in [5.74, 6) is 0.203. The first-order chi connectivity index (χ1) is 7.28. The van der Waals surface area contributed by atoms with Crippen molar-refractivity contribution in [3.63, 3.8) is 0 Å². The maximum absolute atomic E-state index is 5.95. The van der Waals surface area contributed by atoms with Gasteiger partial charge in [-0.05, 0) is 11.3 Å². The van der Waals surface area contributed by atoms with E-state index in [1.54, 1.807) is 6.07 Å². The van der Waals surface area contributed by atoms with Crippen LogP contribution < -0.4 is 9.92 Å². The molecule has 1 aliphatic heterocycles. The fourth-order valence-electron chi connectivity index (χ4n) is 1.51. The van der Waals surface area contributed by atoms with Crippen molar-refractivity contribution in [2.24, 2.45) is 0 Å². The number of ether oxygens (including phenoxy) is 2. The molecule has 0 aromatic heterocycles. The van der Waals surface area contributed by atoms with Gasteiger partial charge in [-0.3, -0.25) is 0 Å². The van der Waals surface area contributed by atoms with Crippen molar-refractivity contribution in [2.75, 3.05) is 0 Å². The highest BCUT2D eigenvalue weighted by atomic mass is 35.8. The van der Waals surface area contributed by atoms with Gasteiger partial charge in [0.1, 0.15) is 5.75 Å². The van der Waals surface area contributed by atoms with Crippen LogP contribution >= 0.6 is 33.2 Å². The van der Waals surface area contributed by atoms with Crippen LogP contribution in [0.3, 0.4) is 0 Å². The van der Waals surface area contributed by atoms with Crippen molar-refractivity contribution in [1.29, 1.82) is 0 Å². The summed E-state index contributed by atoms with van der Waals surface area (Å²) < 4.78 is 11.2.